The Hall–Kier alpha value is -2.02. The van der Waals surface area contributed by atoms with Crippen LogP contribution in [0.3, 0.4) is 0 Å². The third-order valence-corrected chi connectivity index (χ3v) is 2.92. The topological polar surface area (TPSA) is 20.2 Å². The highest BCUT2D eigenvalue weighted by molar-refractivity contribution is 5.28. The summed E-state index contributed by atoms with van der Waals surface area (Å²) in [5.74, 6) is -11.3. The van der Waals surface area contributed by atoms with Crippen molar-refractivity contribution in [2.75, 3.05) is 0 Å². The molecule has 0 aliphatic carbocycles. The van der Waals surface area contributed by atoms with Crippen molar-refractivity contribution in [3.63, 3.8) is 0 Å². The van der Waals surface area contributed by atoms with Gasteiger partial charge < -0.3 is 5.11 Å². The Balaban J connectivity index is 2.39. The predicted molar refractivity (Wildman–Crippen MR) is 61.3 cm³/mol. The van der Waals surface area contributed by atoms with Gasteiger partial charge in [0, 0.05) is 6.42 Å². The second kappa shape index (κ2) is 5.77. The van der Waals surface area contributed by atoms with Gasteiger partial charge in [0.25, 0.3) is 0 Å². The molecule has 0 amide bonds. The molecule has 0 saturated carbocycles. The molecule has 0 bridgehead atoms. The van der Waals surface area contributed by atoms with Gasteiger partial charge in [-0.2, -0.15) is 0 Å². The maximum absolute atomic E-state index is 13.5. The minimum Gasteiger partial charge on any atom is -0.388 e. The van der Waals surface area contributed by atoms with E-state index in [9.17, 15) is 31.4 Å². The van der Waals surface area contributed by atoms with Gasteiger partial charge >= 0.3 is 0 Å². The van der Waals surface area contributed by atoms with E-state index >= 15 is 0 Å². The summed E-state index contributed by atoms with van der Waals surface area (Å²) in [5.41, 5.74) is -1.04. The van der Waals surface area contributed by atoms with Gasteiger partial charge in [0.1, 0.15) is 5.82 Å². The zero-order valence-electron chi connectivity index (χ0n) is 10.3. The zero-order valence-corrected chi connectivity index (χ0v) is 10.3. The molecule has 2 aromatic rings. The first-order valence-electron chi connectivity index (χ1n) is 5.76. The van der Waals surface area contributed by atoms with Crippen LogP contribution in [0.25, 0.3) is 0 Å². The van der Waals surface area contributed by atoms with Gasteiger partial charge in [0.2, 0.25) is 5.82 Å². The van der Waals surface area contributed by atoms with Crippen molar-refractivity contribution in [1.82, 2.24) is 0 Å². The minimum atomic E-state index is -2.29. The molecule has 1 atom stereocenters. The van der Waals surface area contributed by atoms with Crippen LogP contribution in [-0.4, -0.2) is 5.11 Å². The number of benzene rings is 2. The molecule has 0 aromatic heterocycles. The lowest BCUT2D eigenvalue weighted by Crippen LogP contribution is -2.13. The SMILES string of the molecule is OC(Cc1ccc(F)cc1)c1c(F)c(F)c(F)c(F)c1F. The molecule has 0 heterocycles. The summed E-state index contributed by atoms with van der Waals surface area (Å²) in [5, 5.41) is 9.72. The molecule has 0 aliphatic heterocycles. The number of halogens is 6. The fraction of sp³-hybridized carbons (Fsp3) is 0.143. The van der Waals surface area contributed by atoms with Gasteiger partial charge in [-0.05, 0) is 17.7 Å². The first-order valence-corrected chi connectivity index (χ1v) is 5.76. The van der Waals surface area contributed by atoms with E-state index < -0.39 is 53.0 Å². The van der Waals surface area contributed by atoms with Gasteiger partial charge in [-0.15, -0.1) is 0 Å². The molecular formula is C14H8F6O. The summed E-state index contributed by atoms with van der Waals surface area (Å²) in [6.45, 7) is 0. The lowest BCUT2D eigenvalue weighted by Gasteiger charge is -2.14. The predicted octanol–water partition coefficient (Wildman–Crippen LogP) is 3.80. The van der Waals surface area contributed by atoms with E-state index in [2.05, 4.69) is 0 Å². The standard InChI is InChI=1S/C14H8F6O/c15-7-3-1-6(2-4-7)5-8(21)9-10(16)12(18)14(20)13(19)11(9)17/h1-4,8,21H,5H2. The highest BCUT2D eigenvalue weighted by atomic mass is 19.2. The first-order chi connectivity index (χ1) is 9.82. The van der Waals surface area contributed by atoms with Crippen LogP contribution in [-0.2, 0) is 6.42 Å². The van der Waals surface area contributed by atoms with E-state index in [1.165, 1.54) is 12.1 Å². The fourth-order valence-corrected chi connectivity index (χ4v) is 1.86. The molecule has 0 spiro atoms. The Morgan fingerprint density at radius 3 is 1.62 bits per heavy atom. The van der Waals surface area contributed by atoms with Crippen LogP contribution >= 0.6 is 0 Å². The number of hydrogen-bond acceptors (Lipinski definition) is 1. The Morgan fingerprint density at radius 1 is 0.714 bits per heavy atom. The van der Waals surface area contributed by atoms with Gasteiger partial charge in [0.15, 0.2) is 23.3 Å². The first kappa shape index (κ1) is 15.4. The van der Waals surface area contributed by atoms with Crippen LogP contribution < -0.4 is 0 Å². The molecule has 0 saturated heterocycles. The molecule has 21 heavy (non-hydrogen) atoms. The van der Waals surface area contributed by atoms with Crippen molar-refractivity contribution in [2.45, 2.75) is 12.5 Å². The van der Waals surface area contributed by atoms with Gasteiger partial charge in [-0.25, -0.2) is 26.3 Å². The number of hydrogen-bond donors (Lipinski definition) is 1. The fourth-order valence-electron chi connectivity index (χ4n) is 1.86. The van der Waals surface area contributed by atoms with Crippen LogP contribution in [0.2, 0.25) is 0 Å². The summed E-state index contributed by atoms with van der Waals surface area (Å²) in [6, 6.07) is 4.54. The summed E-state index contributed by atoms with van der Waals surface area (Å²) in [4.78, 5) is 0. The van der Waals surface area contributed by atoms with E-state index in [0.717, 1.165) is 12.1 Å². The molecule has 0 fully saturated rings. The average Bonchev–Trinajstić information content (AvgIpc) is 2.46. The van der Waals surface area contributed by atoms with Crippen molar-refractivity contribution in [1.29, 1.82) is 0 Å². The normalized spacial score (nSPS) is 12.5. The van der Waals surface area contributed by atoms with Crippen LogP contribution in [0.5, 0.6) is 0 Å². The van der Waals surface area contributed by atoms with Crippen LogP contribution in [0.1, 0.15) is 17.2 Å². The van der Waals surface area contributed by atoms with E-state index in [0.29, 0.717) is 0 Å². The average molecular weight is 306 g/mol. The van der Waals surface area contributed by atoms with Gasteiger partial charge in [-0.1, -0.05) is 12.1 Å². The third-order valence-electron chi connectivity index (χ3n) is 2.92. The van der Waals surface area contributed by atoms with Crippen molar-refractivity contribution in [2.24, 2.45) is 0 Å². The molecule has 7 heteroatoms. The van der Waals surface area contributed by atoms with Gasteiger partial charge in [0.05, 0.1) is 11.7 Å². The maximum Gasteiger partial charge on any atom is 0.200 e. The summed E-state index contributed by atoms with van der Waals surface area (Å²) < 4.78 is 78.6. The zero-order chi connectivity index (χ0) is 15.7. The number of aliphatic hydroxyl groups is 1. The summed E-state index contributed by atoms with van der Waals surface area (Å²) in [7, 11) is 0. The Labute approximate surface area is 115 Å². The molecule has 0 radical (unpaired) electrons. The second-order valence-corrected chi connectivity index (χ2v) is 4.33. The molecule has 112 valence electrons. The molecule has 1 nitrogen and oxygen atoms in total. The molecule has 0 aliphatic rings. The minimum absolute atomic E-state index is 0.271. The number of rotatable bonds is 3. The van der Waals surface area contributed by atoms with Crippen molar-refractivity contribution < 1.29 is 31.4 Å². The van der Waals surface area contributed by atoms with Crippen LogP contribution in [0.15, 0.2) is 24.3 Å². The van der Waals surface area contributed by atoms with Gasteiger partial charge in [-0.3, -0.25) is 0 Å². The van der Waals surface area contributed by atoms with Crippen molar-refractivity contribution >= 4 is 0 Å². The Morgan fingerprint density at radius 2 is 1.14 bits per heavy atom. The molecule has 2 aromatic carbocycles. The van der Waals surface area contributed by atoms with Crippen LogP contribution in [0, 0.1) is 34.9 Å². The van der Waals surface area contributed by atoms with Crippen molar-refractivity contribution in [3.05, 3.63) is 70.3 Å². The van der Waals surface area contributed by atoms with E-state index in [-0.39, 0.29) is 5.56 Å². The maximum atomic E-state index is 13.5. The molecular weight excluding hydrogens is 298 g/mol. The van der Waals surface area contributed by atoms with E-state index in [1.54, 1.807) is 0 Å². The van der Waals surface area contributed by atoms with E-state index in [1.807, 2.05) is 0 Å². The quantitative estimate of drug-likeness (QED) is 0.519. The highest BCUT2D eigenvalue weighted by Gasteiger charge is 2.29. The molecule has 1 unspecified atom stereocenters. The largest absolute Gasteiger partial charge is 0.388 e. The highest BCUT2D eigenvalue weighted by Crippen LogP contribution is 2.29. The lowest BCUT2D eigenvalue weighted by atomic mass is 10.00. The Kier molecular flexibility index (Phi) is 4.22. The second-order valence-electron chi connectivity index (χ2n) is 4.33. The molecule has 2 rings (SSSR count). The summed E-state index contributed by atoms with van der Waals surface area (Å²) >= 11 is 0. The monoisotopic (exact) mass is 306 g/mol. The summed E-state index contributed by atoms with van der Waals surface area (Å²) in [6.07, 6.45) is -2.39. The third kappa shape index (κ3) is 2.87. The van der Waals surface area contributed by atoms with E-state index in [4.69, 9.17) is 0 Å². The van der Waals surface area contributed by atoms with Crippen molar-refractivity contribution in [3.8, 4) is 0 Å². The van der Waals surface area contributed by atoms with Crippen LogP contribution in [0.4, 0.5) is 26.3 Å². The lowest BCUT2D eigenvalue weighted by molar-refractivity contribution is 0.163. The molecule has 1 N–H and O–H groups in total. The Bertz CT molecular complexity index is 639. The number of aliphatic hydroxyl groups excluding tert-OH is 1. The smallest absolute Gasteiger partial charge is 0.200 e.